The van der Waals surface area contributed by atoms with Gasteiger partial charge in [0, 0.05) is 18.7 Å². The van der Waals surface area contributed by atoms with Crippen molar-refractivity contribution in [2.75, 3.05) is 11.5 Å². The van der Waals surface area contributed by atoms with Crippen LogP contribution in [-0.2, 0) is 27.3 Å². The third-order valence-corrected chi connectivity index (χ3v) is 7.62. The number of imide groups is 1. The van der Waals surface area contributed by atoms with Crippen molar-refractivity contribution in [3.05, 3.63) is 125 Å². The predicted molar refractivity (Wildman–Crippen MR) is 144 cm³/mol. The molecule has 0 N–H and O–H groups in total. The van der Waals surface area contributed by atoms with Crippen molar-refractivity contribution in [1.29, 1.82) is 0 Å². The molecule has 6 heteroatoms. The van der Waals surface area contributed by atoms with Crippen LogP contribution in [0.5, 0.6) is 0 Å². The van der Waals surface area contributed by atoms with Crippen LogP contribution in [0.3, 0.4) is 0 Å². The van der Waals surface area contributed by atoms with Gasteiger partial charge in [0.15, 0.2) is 0 Å². The van der Waals surface area contributed by atoms with Crippen LogP contribution in [0.4, 0.5) is 5.69 Å². The molecule has 4 aromatic rings. The lowest BCUT2D eigenvalue weighted by Crippen LogP contribution is -2.33. The summed E-state index contributed by atoms with van der Waals surface area (Å²) < 4.78 is 7.47. The Balaban J connectivity index is 1.53. The maximum atomic E-state index is 14.0. The topological polar surface area (TPSA) is 68.6 Å². The van der Waals surface area contributed by atoms with Crippen LogP contribution in [0.2, 0.25) is 0 Å². The summed E-state index contributed by atoms with van der Waals surface area (Å²) in [5.41, 5.74) is 4.69. The molecule has 6 rings (SSSR count). The van der Waals surface area contributed by atoms with E-state index in [-0.39, 0.29) is 18.4 Å². The number of rotatable bonds is 6. The number of nitrogens with zero attached hydrogens (tertiary/aromatic N) is 2. The van der Waals surface area contributed by atoms with Crippen LogP contribution in [0.25, 0.3) is 0 Å². The second-order valence-electron chi connectivity index (χ2n) is 9.82. The molecule has 2 heterocycles. The summed E-state index contributed by atoms with van der Waals surface area (Å²) in [6.45, 7) is 2.51. The third kappa shape index (κ3) is 3.93. The zero-order valence-corrected chi connectivity index (χ0v) is 21.1. The average Bonchev–Trinajstić information content (AvgIpc) is 3.42. The highest BCUT2D eigenvalue weighted by atomic mass is 16.5. The molecule has 2 aliphatic rings. The molecular weight excluding hydrogens is 476 g/mol. The molecule has 6 nitrogen and oxygen atoms in total. The Hall–Kier alpha value is -4.45. The van der Waals surface area contributed by atoms with Crippen LogP contribution >= 0.6 is 0 Å². The molecular formula is C32H28N2O4. The lowest BCUT2D eigenvalue weighted by atomic mass is 9.68. The number of hydrogen-bond donors (Lipinski definition) is 0. The van der Waals surface area contributed by atoms with E-state index in [2.05, 4.69) is 0 Å². The highest BCUT2D eigenvalue weighted by Crippen LogP contribution is 2.50. The van der Waals surface area contributed by atoms with Crippen LogP contribution < -0.4 is 4.90 Å². The van der Waals surface area contributed by atoms with E-state index in [9.17, 15) is 14.4 Å². The minimum absolute atomic E-state index is 0.189. The first-order valence-corrected chi connectivity index (χ1v) is 13.0. The molecule has 0 bridgehead atoms. The second-order valence-corrected chi connectivity index (χ2v) is 9.82. The van der Waals surface area contributed by atoms with Gasteiger partial charge in [-0.3, -0.25) is 14.5 Å². The largest absolute Gasteiger partial charge is 0.461 e. The summed E-state index contributed by atoms with van der Waals surface area (Å²) in [6, 6.07) is 28.8. The number of aromatic nitrogens is 1. The normalized spacial score (nSPS) is 20.2. The summed E-state index contributed by atoms with van der Waals surface area (Å²) in [5, 5.41) is 0. The Morgan fingerprint density at radius 2 is 1.50 bits per heavy atom. The molecule has 0 saturated carbocycles. The van der Waals surface area contributed by atoms with E-state index in [0.717, 1.165) is 22.3 Å². The maximum Gasteiger partial charge on any atom is 0.355 e. The Labute approximate surface area is 221 Å². The van der Waals surface area contributed by atoms with E-state index in [0.29, 0.717) is 24.3 Å². The first-order chi connectivity index (χ1) is 18.6. The summed E-state index contributed by atoms with van der Waals surface area (Å²) >= 11 is 0. The molecule has 1 aliphatic heterocycles. The van der Waals surface area contributed by atoms with Gasteiger partial charge in [-0.15, -0.1) is 0 Å². The Morgan fingerprint density at radius 1 is 0.868 bits per heavy atom. The third-order valence-electron chi connectivity index (χ3n) is 7.62. The standard InChI is InChI=1S/C32H28N2O4/c1-2-38-32(37)29-27-23(20-33(29)19-21-12-6-3-7-13-21)18-25-28(26(27)22-14-8-4-9-15-22)31(36)34(30(25)35)24-16-10-5-11-17-24/h3-17,20,25-26,28H,2,18-19H2,1H3/t25-,26+,28-/m1/s1. The fraction of sp³-hybridized carbons (Fsp3) is 0.219. The molecule has 3 aromatic carbocycles. The van der Waals surface area contributed by atoms with Crippen molar-refractivity contribution >= 4 is 23.5 Å². The number of fused-ring (bicyclic) bond motifs is 2. The van der Waals surface area contributed by atoms with Gasteiger partial charge in [-0.05, 0) is 47.7 Å². The highest BCUT2D eigenvalue weighted by Gasteiger charge is 2.56. The van der Waals surface area contributed by atoms with Crippen molar-refractivity contribution in [3.8, 4) is 0 Å². The van der Waals surface area contributed by atoms with Crippen molar-refractivity contribution in [2.24, 2.45) is 11.8 Å². The number of hydrogen-bond acceptors (Lipinski definition) is 4. The number of carbonyl (C=O) groups is 3. The molecule has 0 radical (unpaired) electrons. The fourth-order valence-electron chi connectivity index (χ4n) is 6.09. The van der Waals surface area contributed by atoms with Gasteiger partial charge in [0.1, 0.15) is 5.69 Å². The van der Waals surface area contributed by atoms with Gasteiger partial charge in [-0.2, -0.15) is 0 Å². The lowest BCUT2D eigenvalue weighted by Gasteiger charge is -2.32. The first-order valence-electron chi connectivity index (χ1n) is 13.0. The van der Waals surface area contributed by atoms with Gasteiger partial charge >= 0.3 is 5.97 Å². The van der Waals surface area contributed by atoms with Crippen LogP contribution in [0.15, 0.2) is 97.2 Å². The molecule has 1 saturated heterocycles. The minimum atomic E-state index is -0.613. The Morgan fingerprint density at radius 3 is 2.16 bits per heavy atom. The number of carbonyl (C=O) groups excluding carboxylic acids is 3. The molecule has 1 fully saturated rings. The smallest absolute Gasteiger partial charge is 0.355 e. The molecule has 190 valence electrons. The van der Waals surface area contributed by atoms with Gasteiger partial charge in [0.25, 0.3) is 0 Å². The number of ether oxygens (including phenoxy) is 1. The Kier molecular flexibility index (Phi) is 6.16. The quantitative estimate of drug-likeness (QED) is 0.267. The van der Waals surface area contributed by atoms with Crippen LogP contribution in [-0.4, -0.2) is 29.0 Å². The zero-order valence-electron chi connectivity index (χ0n) is 21.1. The monoisotopic (exact) mass is 504 g/mol. The fourth-order valence-corrected chi connectivity index (χ4v) is 6.09. The molecule has 0 unspecified atom stereocenters. The zero-order chi connectivity index (χ0) is 26.2. The van der Waals surface area contributed by atoms with Gasteiger partial charge in [0.2, 0.25) is 11.8 Å². The summed E-state index contributed by atoms with van der Waals surface area (Å²) in [7, 11) is 0. The average molecular weight is 505 g/mol. The van der Waals surface area contributed by atoms with E-state index in [1.165, 1.54) is 4.90 Å². The molecule has 1 aliphatic carbocycles. The summed E-state index contributed by atoms with van der Waals surface area (Å²) in [6.07, 6.45) is 2.37. The van der Waals surface area contributed by atoms with Crippen molar-refractivity contribution in [2.45, 2.75) is 25.8 Å². The van der Waals surface area contributed by atoms with Crippen molar-refractivity contribution < 1.29 is 19.1 Å². The SMILES string of the molecule is CCOC(=O)c1c2c(cn1Cc1ccccc1)C[C@H]1C(=O)N(c3ccccc3)C(=O)[C@H]1[C@H]2c1ccccc1. The highest BCUT2D eigenvalue weighted by molar-refractivity contribution is 6.22. The second kappa shape index (κ2) is 9.78. The number of para-hydroxylation sites is 1. The van der Waals surface area contributed by atoms with Crippen LogP contribution in [0, 0.1) is 11.8 Å². The van der Waals surface area contributed by atoms with E-state index >= 15 is 0 Å². The van der Waals surface area contributed by atoms with E-state index < -0.39 is 23.7 Å². The van der Waals surface area contributed by atoms with Gasteiger partial charge in [-0.1, -0.05) is 78.9 Å². The maximum absolute atomic E-state index is 14.0. The van der Waals surface area contributed by atoms with E-state index in [4.69, 9.17) is 4.74 Å². The summed E-state index contributed by atoms with van der Waals surface area (Å²) in [5.74, 6) is -2.41. The number of benzene rings is 3. The predicted octanol–water partition coefficient (Wildman–Crippen LogP) is 5.21. The molecule has 1 aromatic heterocycles. The van der Waals surface area contributed by atoms with Gasteiger partial charge < -0.3 is 9.30 Å². The minimum Gasteiger partial charge on any atom is -0.461 e. The molecule has 38 heavy (non-hydrogen) atoms. The number of anilines is 1. The molecule has 2 amide bonds. The Bertz CT molecular complexity index is 1490. The van der Waals surface area contributed by atoms with Gasteiger partial charge in [0.05, 0.1) is 24.1 Å². The number of amides is 2. The lowest BCUT2D eigenvalue weighted by molar-refractivity contribution is -0.122. The van der Waals surface area contributed by atoms with E-state index in [1.54, 1.807) is 19.1 Å². The first kappa shape index (κ1) is 23.9. The van der Waals surface area contributed by atoms with Crippen molar-refractivity contribution in [3.63, 3.8) is 0 Å². The van der Waals surface area contributed by atoms with E-state index in [1.807, 2.05) is 89.6 Å². The van der Waals surface area contributed by atoms with Crippen molar-refractivity contribution in [1.82, 2.24) is 4.57 Å². The summed E-state index contributed by atoms with van der Waals surface area (Å²) in [4.78, 5) is 42.6. The van der Waals surface area contributed by atoms with Gasteiger partial charge in [-0.25, -0.2) is 4.79 Å². The molecule has 3 atom stereocenters. The van der Waals surface area contributed by atoms with Crippen LogP contribution in [0.1, 0.15) is 45.6 Å². The molecule has 0 spiro atoms. The number of esters is 1.